The van der Waals surface area contributed by atoms with Crippen molar-refractivity contribution in [3.63, 3.8) is 0 Å². The number of nitrogens with one attached hydrogen (secondary N) is 1. The van der Waals surface area contributed by atoms with E-state index in [2.05, 4.69) is 5.32 Å². The van der Waals surface area contributed by atoms with Crippen molar-refractivity contribution in [3.8, 4) is 0 Å². The molecule has 4 heteroatoms. The van der Waals surface area contributed by atoms with Gasteiger partial charge in [-0.1, -0.05) is 18.2 Å². The molecule has 0 saturated heterocycles. The lowest BCUT2D eigenvalue weighted by atomic mass is 10.2. The van der Waals surface area contributed by atoms with Crippen LogP contribution in [0.2, 0.25) is 0 Å². The van der Waals surface area contributed by atoms with E-state index in [9.17, 15) is 8.78 Å². The number of methoxy groups -OCH3 is 1. The molecule has 0 aliphatic rings. The molecule has 0 heterocycles. The van der Waals surface area contributed by atoms with E-state index < -0.39 is 11.6 Å². The Morgan fingerprint density at radius 2 is 1.95 bits per heavy atom. The fourth-order valence-corrected chi connectivity index (χ4v) is 1.80. The van der Waals surface area contributed by atoms with Gasteiger partial charge >= 0.3 is 0 Å². The molecule has 0 atom stereocenters. The predicted molar refractivity (Wildman–Crippen MR) is 70.8 cm³/mol. The minimum atomic E-state index is -0.566. The van der Waals surface area contributed by atoms with Crippen molar-refractivity contribution in [3.05, 3.63) is 65.2 Å². The van der Waals surface area contributed by atoms with E-state index in [0.29, 0.717) is 18.7 Å². The highest BCUT2D eigenvalue weighted by atomic mass is 19.1. The number of hydrogen-bond acceptors (Lipinski definition) is 2. The Morgan fingerprint density at radius 1 is 1.11 bits per heavy atom. The van der Waals surface area contributed by atoms with E-state index in [4.69, 9.17) is 4.74 Å². The summed E-state index contributed by atoms with van der Waals surface area (Å²) in [6, 6.07) is 11.3. The van der Waals surface area contributed by atoms with Crippen LogP contribution in [0.4, 0.5) is 14.5 Å². The maximum Gasteiger partial charge on any atom is 0.131 e. The fourth-order valence-electron chi connectivity index (χ4n) is 1.80. The van der Waals surface area contributed by atoms with Crippen LogP contribution in [-0.2, 0) is 17.9 Å². The van der Waals surface area contributed by atoms with Gasteiger partial charge in [0.05, 0.1) is 6.61 Å². The van der Waals surface area contributed by atoms with Gasteiger partial charge in [-0.3, -0.25) is 0 Å². The van der Waals surface area contributed by atoms with Crippen LogP contribution in [0.1, 0.15) is 11.1 Å². The van der Waals surface area contributed by atoms with Gasteiger partial charge in [-0.15, -0.1) is 0 Å². The molecule has 2 rings (SSSR count). The molecule has 19 heavy (non-hydrogen) atoms. The summed E-state index contributed by atoms with van der Waals surface area (Å²) in [6.45, 7) is 0.836. The van der Waals surface area contributed by atoms with Crippen LogP contribution in [0, 0.1) is 11.6 Å². The molecule has 1 N–H and O–H groups in total. The zero-order valence-electron chi connectivity index (χ0n) is 10.6. The Hall–Kier alpha value is -1.94. The first-order valence-corrected chi connectivity index (χ1v) is 5.94. The standard InChI is InChI=1S/C15H15F2NO/c1-19-10-11-3-2-4-14(7-11)18-9-12-5-6-13(16)8-15(12)17/h2-8,18H,9-10H2,1H3. The summed E-state index contributed by atoms with van der Waals surface area (Å²) < 4.78 is 31.3. The fraction of sp³-hybridized carbons (Fsp3) is 0.200. The third kappa shape index (κ3) is 3.76. The highest BCUT2D eigenvalue weighted by Gasteiger charge is 2.03. The number of ether oxygens (including phenoxy) is 1. The zero-order valence-corrected chi connectivity index (χ0v) is 10.6. The molecule has 0 radical (unpaired) electrons. The molecule has 2 aromatic carbocycles. The van der Waals surface area contributed by atoms with Crippen molar-refractivity contribution in [1.29, 1.82) is 0 Å². The maximum atomic E-state index is 13.5. The molecular weight excluding hydrogens is 248 g/mol. The third-order valence-corrected chi connectivity index (χ3v) is 2.74. The summed E-state index contributed by atoms with van der Waals surface area (Å²) in [6.07, 6.45) is 0. The Kier molecular flexibility index (Phi) is 4.47. The molecule has 0 unspecified atom stereocenters. The average molecular weight is 263 g/mol. The summed E-state index contributed by atoms with van der Waals surface area (Å²) in [5.74, 6) is -1.11. The van der Waals surface area contributed by atoms with Gasteiger partial charge in [-0.25, -0.2) is 8.78 Å². The molecule has 2 aromatic rings. The van der Waals surface area contributed by atoms with E-state index in [-0.39, 0.29) is 0 Å². The smallest absolute Gasteiger partial charge is 0.131 e. The molecule has 0 spiro atoms. The van der Waals surface area contributed by atoms with E-state index in [1.165, 1.54) is 12.1 Å². The molecule has 0 amide bonds. The topological polar surface area (TPSA) is 21.3 Å². The van der Waals surface area contributed by atoms with Crippen LogP contribution in [0.25, 0.3) is 0 Å². The first kappa shape index (κ1) is 13.5. The van der Waals surface area contributed by atoms with Crippen molar-refractivity contribution in [2.75, 3.05) is 12.4 Å². The molecule has 0 aliphatic heterocycles. The van der Waals surface area contributed by atoms with Gasteiger partial charge in [0.1, 0.15) is 11.6 Å². The number of benzene rings is 2. The maximum absolute atomic E-state index is 13.5. The molecular formula is C15H15F2NO. The summed E-state index contributed by atoms with van der Waals surface area (Å²) in [5.41, 5.74) is 2.34. The van der Waals surface area contributed by atoms with Crippen molar-refractivity contribution in [2.24, 2.45) is 0 Å². The molecule has 0 bridgehead atoms. The molecule has 2 nitrogen and oxygen atoms in total. The lowest BCUT2D eigenvalue weighted by Gasteiger charge is -2.09. The number of hydrogen-bond donors (Lipinski definition) is 1. The minimum Gasteiger partial charge on any atom is -0.381 e. The van der Waals surface area contributed by atoms with Gasteiger partial charge in [0, 0.05) is 31.0 Å². The molecule has 0 saturated carbocycles. The SMILES string of the molecule is COCc1cccc(NCc2ccc(F)cc2F)c1. The number of rotatable bonds is 5. The van der Waals surface area contributed by atoms with E-state index in [1.54, 1.807) is 7.11 Å². The molecule has 0 aliphatic carbocycles. The molecule has 0 aromatic heterocycles. The number of anilines is 1. The third-order valence-electron chi connectivity index (χ3n) is 2.74. The summed E-state index contributed by atoms with van der Waals surface area (Å²) in [5, 5.41) is 3.10. The highest BCUT2D eigenvalue weighted by molar-refractivity contribution is 5.46. The van der Waals surface area contributed by atoms with Gasteiger partial charge in [-0.2, -0.15) is 0 Å². The van der Waals surface area contributed by atoms with E-state index in [0.717, 1.165) is 17.3 Å². The van der Waals surface area contributed by atoms with Crippen LogP contribution in [0.15, 0.2) is 42.5 Å². The summed E-state index contributed by atoms with van der Waals surface area (Å²) >= 11 is 0. The summed E-state index contributed by atoms with van der Waals surface area (Å²) in [7, 11) is 1.63. The van der Waals surface area contributed by atoms with Crippen LogP contribution in [-0.4, -0.2) is 7.11 Å². The largest absolute Gasteiger partial charge is 0.381 e. The Morgan fingerprint density at radius 3 is 2.68 bits per heavy atom. The second-order valence-electron chi connectivity index (χ2n) is 4.22. The Bertz CT molecular complexity index is 558. The average Bonchev–Trinajstić information content (AvgIpc) is 2.38. The van der Waals surface area contributed by atoms with Gasteiger partial charge in [-0.05, 0) is 23.8 Å². The first-order valence-electron chi connectivity index (χ1n) is 5.94. The predicted octanol–water partition coefficient (Wildman–Crippen LogP) is 3.72. The Labute approximate surface area is 111 Å². The van der Waals surface area contributed by atoms with E-state index in [1.807, 2.05) is 24.3 Å². The van der Waals surface area contributed by atoms with Crippen LogP contribution >= 0.6 is 0 Å². The van der Waals surface area contributed by atoms with Crippen molar-refractivity contribution in [1.82, 2.24) is 0 Å². The quantitative estimate of drug-likeness (QED) is 0.887. The molecule has 0 fully saturated rings. The van der Waals surface area contributed by atoms with Crippen molar-refractivity contribution < 1.29 is 13.5 Å². The highest BCUT2D eigenvalue weighted by Crippen LogP contribution is 2.15. The monoisotopic (exact) mass is 263 g/mol. The van der Waals surface area contributed by atoms with Gasteiger partial charge < -0.3 is 10.1 Å². The van der Waals surface area contributed by atoms with Crippen molar-refractivity contribution >= 4 is 5.69 Å². The van der Waals surface area contributed by atoms with Gasteiger partial charge in [0.15, 0.2) is 0 Å². The number of halogens is 2. The van der Waals surface area contributed by atoms with Crippen LogP contribution in [0.3, 0.4) is 0 Å². The molecule has 100 valence electrons. The van der Waals surface area contributed by atoms with Crippen LogP contribution in [0.5, 0.6) is 0 Å². The van der Waals surface area contributed by atoms with Crippen molar-refractivity contribution in [2.45, 2.75) is 13.2 Å². The summed E-state index contributed by atoms with van der Waals surface area (Å²) in [4.78, 5) is 0. The zero-order chi connectivity index (χ0) is 13.7. The minimum absolute atomic E-state index is 0.308. The second kappa shape index (κ2) is 6.29. The van der Waals surface area contributed by atoms with E-state index >= 15 is 0 Å². The van der Waals surface area contributed by atoms with Gasteiger partial charge in [0.25, 0.3) is 0 Å². The van der Waals surface area contributed by atoms with Crippen LogP contribution < -0.4 is 5.32 Å². The Balaban J connectivity index is 2.03. The lowest BCUT2D eigenvalue weighted by Crippen LogP contribution is -2.02. The second-order valence-corrected chi connectivity index (χ2v) is 4.22. The van der Waals surface area contributed by atoms with Gasteiger partial charge in [0.2, 0.25) is 0 Å². The first-order chi connectivity index (χ1) is 9.19. The lowest BCUT2D eigenvalue weighted by molar-refractivity contribution is 0.185. The normalized spacial score (nSPS) is 10.5.